The third-order valence-corrected chi connectivity index (χ3v) is 3.57. The van der Waals surface area contributed by atoms with Crippen LogP contribution in [0.5, 0.6) is 0 Å². The van der Waals surface area contributed by atoms with E-state index in [9.17, 15) is 4.79 Å². The van der Waals surface area contributed by atoms with Gasteiger partial charge in [0.2, 0.25) is 0 Å². The zero-order chi connectivity index (χ0) is 14.8. The zero-order valence-electron chi connectivity index (χ0n) is 12.2. The molecule has 0 saturated carbocycles. The van der Waals surface area contributed by atoms with Gasteiger partial charge in [-0.05, 0) is 29.7 Å². The molecule has 1 heterocycles. The molecule has 0 unspecified atom stereocenters. The van der Waals surface area contributed by atoms with Gasteiger partial charge < -0.3 is 19.7 Å². The number of thioether (sulfide) groups is 1. The number of carbonyl (C=O) groups is 2. The molecular weight excluding hydrogens is 566 g/mol. The van der Waals surface area contributed by atoms with Crippen LogP contribution in [0.1, 0.15) is 9.67 Å². The van der Waals surface area contributed by atoms with E-state index in [-0.39, 0.29) is 144 Å². The quantitative estimate of drug-likeness (QED) is 0.207. The number of ether oxygens (including phenoxy) is 1. The number of rotatable bonds is 4. The average Bonchev–Trinajstić information content (AvgIpc) is 2.93. The molecule has 0 atom stereocenters. The number of carboxylic acid groups (broad SMARTS) is 2. The van der Waals surface area contributed by atoms with E-state index in [1.54, 1.807) is 6.07 Å². The van der Waals surface area contributed by atoms with Crippen LogP contribution in [0.3, 0.4) is 0 Å². The summed E-state index contributed by atoms with van der Waals surface area (Å²) in [4.78, 5) is 21.5. The van der Waals surface area contributed by atoms with E-state index < -0.39 is 6.16 Å². The summed E-state index contributed by atoms with van der Waals surface area (Å²) in [5.41, 5.74) is 0. The number of benzene rings is 1. The molecule has 0 N–H and O–H groups in total. The standard InChI is InChI=1S/C12H10O2S2.CH2O3.2Cs/c13-12(11-7-4-8-15-11)14-9-16-10-5-2-1-3-6-10;2-1(3)4;;/h1-8H,9H2;(H2,2,3,4);;/q;;2*+1/p-2. The Bertz CT molecular complexity index is 531. The third-order valence-electron chi connectivity index (χ3n) is 1.88. The van der Waals surface area contributed by atoms with Crippen LogP contribution in [0.15, 0.2) is 52.7 Å². The van der Waals surface area contributed by atoms with Crippen molar-refractivity contribution in [2.24, 2.45) is 0 Å². The van der Waals surface area contributed by atoms with Crippen molar-refractivity contribution in [1.82, 2.24) is 0 Å². The van der Waals surface area contributed by atoms with Gasteiger partial charge in [-0.1, -0.05) is 36.0 Å². The molecule has 1 aromatic heterocycles. The molecule has 0 radical (unpaired) electrons. The smallest absolute Gasteiger partial charge is 0.652 e. The van der Waals surface area contributed by atoms with E-state index in [1.807, 2.05) is 41.8 Å². The molecule has 0 bridgehead atoms. The predicted octanol–water partition coefficient (Wildman–Crippen LogP) is -4.78. The third kappa shape index (κ3) is 13.4. The zero-order valence-corrected chi connectivity index (χ0v) is 26.4. The Hall–Kier alpha value is 2.11. The van der Waals surface area contributed by atoms with Gasteiger partial charge in [-0.25, -0.2) is 4.79 Å². The monoisotopic (exact) mass is 576 g/mol. The van der Waals surface area contributed by atoms with Crippen LogP contribution in [0.4, 0.5) is 4.79 Å². The first kappa shape index (κ1) is 26.3. The van der Waals surface area contributed by atoms with Gasteiger partial charge in [0.1, 0.15) is 10.8 Å². The van der Waals surface area contributed by atoms with Crippen LogP contribution in [0.2, 0.25) is 0 Å². The molecule has 9 heteroatoms. The second-order valence-corrected chi connectivity index (χ2v) is 5.18. The Kier molecular flexibility index (Phi) is 19.8. The number of hydrogen-bond acceptors (Lipinski definition) is 7. The van der Waals surface area contributed by atoms with Gasteiger partial charge in [-0.15, -0.1) is 11.3 Å². The van der Waals surface area contributed by atoms with Crippen molar-refractivity contribution < 1.29 is 162 Å². The number of hydrogen-bond donors (Lipinski definition) is 0. The number of carbonyl (C=O) groups excluding carboxylic acids is 2. The molecule has 0 aliphatic heterocycles. The summed E-state index contributed by atoms with van der Waals surface area (Å²) in [7, 11) is 0. The fraction of sp³-hybridized carbons (Fsp3) is 0.0769. The molecule has 0 fully saturated rings. The van der Waals surface area contributed by atoms with Crippen molar-refractivity contribution >= 4 is 35.2 Å². The SMILES string of the molecule is O=C(OCSc1ccccc1)c1cccs1.O=C([O-])[O-].[Cs+].[Cs+]. The predicted molar refractivity (Wildman–Crippen MR) is 72.3 cm³/mol. The number of thiophene rings is 1. The van der Waals surface area contributed by atoms with Crippen molar-refractivity contribution in [2.75, 3.05) is 5.94 Å². The normalized spacial score (nSPS) is 8.36. The van der Waals surface area contributed by atoms with Crippen molar-refractivity contribution in [2.45, 2.75) is 4.90 Å². The molecule has 22 heavy (non-hydrogen) atoms. The molecule has 1 aromatic carbocycles. The summed E-state index contributed by atoms with van der Waals surface area (Å²) in [5, 5.41) is 18.5. The van der Waals surface area contributed by atoms with Crippen molar-refractivity contribution in [3.8, 4) is 0 Å². The van der Waals surface area contributed by atoms with Gasteiger partial charge in [0.15, 0.2) is 0 Å². The molecule has 2 rings (SSSR count). The van der Waals surface area contributed by atoms with Gasteiger partial charge in [-0.3, -0.25) is 0 Å². The van der Waals surface area contributed by atoms with Crippen LogP contribution in [-0.4, -0.2) is 18.1 Å². The van der Waals surface area contributed by atoms with E-state index in [4.69, 9.17) is 19.7 Å². The molecule has 106 valence electrons. The topological polar surface area (TPSA) is 89.5 Å². The van der Waals surface area contributed by atoms with Crippen LogP contribution in [0.25, 0.3) is 0 Å². The summed E-state index contributed by atoms with van der Waals surface area (Å²) in [5.74, 6) is 0.0965. The molecule has 0 amide bonds. The van der Waals surface area contributed by atoms with E-state index in [0.717, 1.165) is 4.90 Å². The molecule has 0 aliphatic carbocycles. The molecule has 5 nitrogen and oxygen atoms in total. The van der Waals surface area contributed by atoms with Crippen molar-refractivity contribution in [3.63, 3.8) is 0 Å². The van der Waals surface area contributed by atoms with E-state index >= 15 is 0 Å². The fourth-order valence-electron chi connectivity index (χ4n) is 1.13. The van der Waals surface area contributed by atoms with Gasteiger partial charge in [-0.2, -0.15) is 0 Å². The molecular formula is C13H10Cs2O5S2. The Morgan fingerprint density at radius 2 is 1.64 bits per heavy atom. The molecule has 2 aromatic rings. The summed E-state index contributed by atoms with van der Waals surface area (Å²) < 4.78 is 5.12. The van der Waals surface area contributed by atoms with Crippen molar-refractivity contribution in [1.29, 1.82) is 0 Å². The van der Waals surface area contributed by atoms with Gasteiger partial charge >= 0.3 is 144 Å². The first-order chi connectivity index (χ1) is 9.59. The van der Waals surface area contributed by atoms with Gasteiger partial charge in [0.05, 0.1) is 0 Å². The van der Waals surface area contributed by atoms with Crippen LogP contribution in [-0.2, 0) is 4.74 Å². The minimum absolute atomic E-state index is 0. The molecule has 0 saturated heterocycles. The first-order valence-electron chi connectivity index (χ1n) is 5.36. The van der Waals surface area contributed by atoms with E-state index in [2.05, 4.69) is 0 Å². The Morgan fingerprint density at radius 1 is 1.05 bits per heavy atom. The maximum atomic E-state index is 11.5. The van der Waals surface area contributed by atoms with E-state index in [1.165, 1.54) is 23.1 Å². The Labute approximate surface area is 254 Å². The minimum Gasteiger partial charge on any atom is -0.652 e. The summed E-state index contributed by atoms with van der Waals surface area (Å²) in [6.45, 7) is 0. The second-order valence-electron chi connectivity index (χ2n) is 3.23. The van der Waals surface area contributed by atoms with Crippen LogP contribution in [0, 0.1) is 0 Å². The Morgan fingerprint density at radius 3 is 2.14 bits per heavy atom. The van der Waals surface area contributed by atoms with Crippen molar-refractivity contribution in [3.05, 3.63) is 52.7 Å². The fourth-order valence-corrected chi connectivity index (χ4v) is 2.40. The number of esters is 1. The summed E-state index contributed by atoms with van der Waals surface area (Å²) >= 11 is 2.90. The Balaban J connectivity index is 0. The maximum Gasteiger partial charge on any atom is 1.00 e. The molecule has 0 aliphatic rings. The van der Waals surface area contributed by atoms with E-state index in [0.29, 0.717) is 10.8 Å². The second kappa shape index (κ2) is 16.6. The maximum absolute atomic E-state index is 11.5. The minimum atomic E-state index is -2.33. The average molecular weight is 576 g/mol. The first-order valence-corrected chi connectivity index (χ1v) is 7.22. The summed E-state index contributed by atoms with van der Waals surface area (Å²) in [6.07, 6.45) is -2.33. The molecule has 0 spiro atoms. The van der Waals surface area contributed by atoms with Crippen LogP contribution >= 0.6 is 23.1 Å². The summed E-state index contributed by atoms with van der Waals surface area (Å²) in [6, 6.07) is 13.5. The van der Waals surface area contributed by atoms with Crippen LogP contribution < -0.4 is 148 Å². The van der Waals surface area contributed by atoms with Gasteiger partial charge in [0.25, 0.3) is 0 Å². The van der Waals surface area contributed by atoms with Gasteiger partial charge in [0, 0.05) is 4.90 Å². The largest absolute Gasteiger partial charge is 1.00 e.